The second-order valence-corrected chi connectivity index (χ2v) is 5.04. The average Bonchev–Trinajstić information content (AvgIpc) is 2.37. The fourth-order valence-corrected chi connectivity index (χ4v) is 2.51. The van der Waals surface area contributed by atoms with E-state index in [1.54, 1.807) is 24.5 Å². The maximum absolute atomic E-state index is 11.9. The van der Waals surface area contributed by atoms with Crippen LogP contribution in [0.3, 0.4) is 0 Å². The number of aryl methyl sites for hydroxylation is 1. The van der Waals surface area contributed by atoms with Crippen LogP contribution in [0, 0.1) is 6.92 Å². The van der Waals surface area contributed by atoms with Crippen molar-refractivity contribution in [2.24, 2.45) is 0 Å². The van der Waals surface area contributed by atoms with Crippen molar-refractivity contribution in [1.82, 2.24) is 9.97 Å². The second kappa shape index (κ2) is 5.67. The molecule has 2 aromatic rings. The highest BCUT2D eigenvalue weighted by atomic mass is 79.9. The largest absolute Gasteiger partial charge is 0.465 e. The van der Waals surface area contributed by atoms with Gasteiger partial charge in [0, 0.05) is 28.1 Å². The zero-order valence-electron chi connectivity index (χ0n) is 10.3. The fourth-order valence-electron chi connectivity index (χ4n) is 1.74. The summed E-state index contributed by atoms with van der Waals surface area (Å²) in [7, 11) is 1.31. The molecule has 0 N–H and O–H groups in total. The van der Waals surface area contributed by atoms with Crippen molar-refractivity contribution in [2.75, 3.05) is 7.11 Å². The molecule has 0 aliphatic carbocycles. The van der Waals surface area contributed by atoms with Gasteiger partial charge in [0.25, 0.3) is 0 Å². The number of aromatic nitrogens is 2. The Labute approximate surface area is 123 Å². The van der Waals surface area contributed by atoms with Crippen LogP contribution in [-0.2, 0) is 4.74 Å². The van der Waals surface area contributed by atoms with Crippen LogP contribution in [0.25, 0.3) is 11.1 Å². The minimum absolute atomic E-state index is 0.130. The molecule has 0 saturated heterocycles. The third-order valence-corrected chi connectivity index (χ3v) is 3.46. The first-order valence-corrected chi connectivity index (χ1v) is 6.57. The maximum Gasteiger partial charge on any atom is 0.341 e. The molecule has 0 saturated carbocycles. The van der Waals surface area contributed by atoms with Crippen LogP contribution in [0.5, 0.6) is 0 Å². The first kappa shape index (κ1) is 14.0. The number of ether oxygens (including phenoxy) is 1. The minimum Gasteiger partial charge on any atom is -0.465 e. The smallest absolute Gasteiger partial charge is 0.341 e. The highest BCUT2D eigenvalue weighted by molar-refractivity contribution is 9.10. The molecule has 2 aromatic heterocycles. The summed E-state index contributed by atoms with van der Waals surface area (Å²) in [6.45, 7) is 1.81. The van der Waals surface area contributed by atoms with Gasteiger partial charge in [0.15, 0.2) is 0 Å². The number of esters is 1. The third kappa shape index (κ3) is 2.77. The van der Waals surface area contributed by atoms with Gasteiger partial charge < -0.3 is 4.74 Å². The number of rotatable bonds is 2. The van der Waals surface area contributed by atoms with E-state index in [-0.39, 0.29) is 10.7 Å². The Bertz CT molecular complexity index is 647. The van der Waals surface area contributed by atoms with Crippen molar-refractivity contribution in [3.63, 3.8) is 0 Å². The Morgan fingerprint density at radius 2 is 2.16 bits per heavy atom. The van der Waals surface area contributed by atoms with E-state index < -0.39 is 5.97 Å². The molecule has 0 aromatic carbocycles. The van der Waals surface area contributed by atoms with Crippen molar-refractivity contribution in [1.29, 1.82) is 0 Å². The maximum atomic E-state index is 11.9. The summed E-state index contributed by atoms with van der Waals surface area (Å²) in [6.07, 6.45) is 3.30. The summed E-state index contributed by atoms with van der Waals surface area (Å²) in [5.74, 6) is -0.517. The van der Waals surface area contributed by atoms with Crippen LogP contribution in [0.2, 0.25) is 5.15 Å². The summed E-state index contributed by atoms with van der Waals surface area (Å²) >= 11 is 9.48. The van der Waals surface area contributed by atoms with Crippen LogP contribution < -0.4 is 0 Å². The Kier molecular flexibility index (Phi) is 4.17. The number of hydrogen-bond acceptors (Lipinski definition) is 4. The van der Waals surface area contributed by atoms with E-state index in [2.05, 4.69) is 25.9 Å². The van der Waals surface area contributed by atoms with Crippen LogP contribution >= 0.6 is 27.5 Å². The lowest BCUT2D eigenvalue weighted by Crippen LogP contribution is -2.07. The molecule has 6 heteroatoms. The topological polar surface area (TPSA) is 52.1 Å². The van der Waals surface area contributed by atoms with Gasteiger partial charge in [-0.25, -0.2) is 9.78 Å². The second-order valence-electron chi connectivity index (χ2n) is 3.82. The molecular formula is C13H10BrClN2O2. The van der Waals surface area contributed by atoms with Crippen LogP contribution in [0.15, 0.2) is 29.0 Å². The third-order valence-electron chi connectivity index (χ3n) is 2.56. The van der Waals surface area contributed by atoms with Crippen molar-refractivity contribution in [3.05, 3.63) is 45.4 Å². The minimum atomic E-state index is -0.517. The van der Waals surface area contributed by atoms with Gasteiger partial charge in [0.2, 0.25) is 0 Å². The molecule has 0 bridgehead atoms. The Morgan fingerprint density at radius 3 is 2.79 bits per heavy atom. The molecule has 0 aliphatic heterocycles. The molecule has 0 atom stereocenters. The van der Waals surface area contributed by atoms with Crippen LogP contribution in [0.4, 0.5) is 0 Å². The van der Waals surface area contributed by atoms with E-state index in [4.69, 9.17) is 16.3 Å². The van der Waals surface area contributed by atoms with Crippen molar-refractivity contribution in [2.45, 2.75) is 6.92 Å². The molecule has 4 nitrogen and oxygen atoms in total. The summed E-state index contributed by atoms with van der Waals surface area (Å²) in [5.41, 5.74) is 2.44. The zero-order chi connectivity index (χ0) is 14.0. The quantitative estimate of drug-likeness (QED) is 0.618. The first-order chi connectivity index (χ1) is 9.04. The lowest BCUT2D eigenvalue weighted by atomic mass is 10.0. The van der Waals surface area contributed by atoms with Gasteiger partial charge in [-0.15, -0.1) is 0 Å². The molecular weight excluding hydrogens is 332 g/mol. The van der Waals surface area contributed by atoms with Crippen molar-refractivity contribution < 1.29 is 9.53 Å². The molecule has 0 unspecified atom stereocenters. The van der Waals surface area contributed by atoms with E-state index in [0.29, 0.717) is 5.56 Å². The predicted octanol–water partition coefficient (Wildman–Crippen LogP) is 3.65. The summed E-state index contributed by atoms with van der Waals surface area (Å²) in [5, 5.41) is 0.130. The summed E-state index contributed by atoms with van der Waals surface area (Å²) in [4.78, 5) is 20.0. The van der Waals surface area contributed by atoms with E-state index in [1.165, 1.54) is 7.11 Å². The van der Waals surface area contributed by atoms with Gasteiger partial charge in [-0.1, -0.05) is 11.6 Å². The Morgan fingerprint density at radius 1 is 1.42 bits per heavy atom. The lowest BCUT2D eigenvalue weighted by Gasteiger charge is -2.11. The molecule has 0 spiro atoms. The van der Waals surface area contributed by atoms with Gasteiger partial charge in [-0.3, -0.25) is 4.98 Å². The molecule has 2 rings (SSSR count). The van der Waals surface area contributed by atoms with Gasteiger partial charge in [0.05, 0.1) is 7.11 Å². The number of hydrogen-bond donors (Lipinski definition) is 0. The number of halogens is 2. The molecule has 2 heterocycles. The number of methoxy groups -OCH3 is 1. The number of pyridine rings is 2. The highest BCUT2D eigenvalue weighted by Gasteiger charge is 2.20. The standard InChI is InChI=1S/C13H10BrClN2O2/c1-7-5-9(8-3-4-16-6-10(8)14)11(12(15)17-7)13(18)19-2/h3-6H,1-2H3. The van der Waals surface area contributed by atoms with Crippen LogP contribution in [0.1, 0.15) is 16.1 Å². The van der Waals surface area contributed by atoms with Crippen LogP contribution in [-0.4, -0.2) is 23.0 Å². The van der Waals surface area contributed by atoms with Gasteiger partial charge in [-0.05, 0) is 40.5 Å². The van der Waals surface area contributed by atoms with E-state index in [9.17, 15) is 4.79 Å². The fraction of sp³-hybridized carbons (Fsp3) is 0.154. The van der Waals surface area contributed by atoms with Gasteiger partial charge in [0.1, 0.15) is 10.7 Å². The average molecular weight is 342 g/mol. The number of carbonyl (C=O) groups excluding carboxylic acids is 1. The Balaban J connectivity index is 2.75. The van der Waals surface area contributed by atoms with Gasteiger partial charge in [-0.2, -0.15) is 0 Å². The molecule has 0 aliphatic rings. The normalized spacial score (nSPS) is 10.3. The number of carbonyl (C=O) groups is 1. The van der Waals surface area contributed by atoms with Crippen molar-refractivity contribution >= 4 is 33.5 Å². The monoisotopic (exact) mass is 340 g/mol. The molecule has 0 amide bonds. The van der Waals surface area contributed by atoms with Gasteiger partial charge >= 0.3 is 5.97 Å². The van der Waals surface area contributed by atoms with Crippen molar-refractivity contribution in [3.8, 4) is 11.1 Å². The SMILES string of the molecule is COC(=O)c1c(-c2ccncc2Br)cc(C)nc1Cl. The molecule has 19 heavy (non-hydrogen) atoms. The first-order valence-electron chi connectivity index (χ1n) is 5.40. The van der Waals surface area contributed by atoms with E-state index in [0.717, 1.165) is 15.7 Å². The van der Waals surface area contributed by atoms with E-state index >= 15 is 0 Å². The molecule has 0 fully saturated rings. The van der Waals surface area contributed by atoms with E-state index in [1.807, 2.05) is 6.92 Å². The predicted molar refractivity (Wildman–Crippen MR) is 76.3 cm³/mol. The zero-order valence-corrected chi connectivity index (χ0v) is 12.6. The summed E-state index contributed by atoms with van der Waals surface area (Å²) in [6, 6.07) is 3.58. The lowest BCUT2D eigenvalue weighted by molar-refractivity contribution is 0.0601. The summed E-state index contributed by atoms with van der Waals surface area (Å²) < 4.78 is 5.53. The number of nitrogens with zero attached hydrogens (tertiary/aromatic N) is 2. The Hall–Kier alpha value is -1.46. The molecule has 98 valence electrons. The highest BCUT2D eigenvalue weighted by Crippen LogP contribution is 2.33. The molecule has 0 radical (unpaired) electrons.